The van der Waals surface area contributed by atoms with Crippen LogP contribution in [-0.2, 0) is 7.05 Å². The van der Waals surface area contributed by atoms with Crippen molar-refractivity contribution in [3.63, 3.8) is 0 Å². The van der Waals surface area contributed by atoms with Crippen LogP contribution in [0.2, 0.25) is 0 Å². The van der Waals surface area contributed by atoms with Crippen molar-refractivity contribution < 1.29 is 0 Å². The number of hydrogen-bond donors (Lipinski definition) is 2. The lowest BCUT2D eigenvalue weighted by atomic mass is 10.1. The highest BCUT2D eigenvalue weighted by Crippen LogP contribution is 2.30. The van der Waals surface area contributed by atoms with Crippen molar-refractivity contribution in [2.75, 3.05) is 0 Å². The summed E-state index contributed by atoms with van der Waals surface area (Å²) in [4.78, 5) is 12.0. The van der Waals surface area contributed by atoms with Crippen molar-refractivity contribution in [1.29, 1.82) is 0 Å². The second kappa shape index (κ2) is 4.76. The number of hydrogen-bond acceptors (Lipinski definition) is 4. The number of fused-ring (bicyclic) bond motifs is 2. The summed E-state index contributed by atoms with van der Waals surface area (Å²) < 4.78 is 1.77. The molecule has 2 N–H and O–H groups in total. The van der Waals surface area contributed by atoms with E-state index in [1.807, 2.05) is 37.8 Å². The Morgan fingerprint density at radius 1 is 1.08 bits per heavy atom. The van der Waals surface area contributed by atoms with Crippen LogP contribution < -0.4 is 0 Å². The number of nitrogens with one attached hydrogen (secondary N) is 2. The zero-order chi connectivity index (χ0) is 16.1. The Morgan fingerprint density at radius 2 is 2.04 bits per heavy atom. The zero-order valence-electron chi connectivity index (χ0n) is 12.9. The fourth-order valence-electron chi connectivity index (χ4n) is 2.93. The lowest BCUT2D eigenvalue weighted by Gasteiger charge is -1.98. The molecule has 5 heterocycles. The maximum absolute atomic E-state index is 4.50. The van der Waals surface area contributed by atoms with Crippen LogP contribution >= 0.6 is 0 Å². The summed E-state index contributed by atoms with van der Waals surface area (Å²) in [5.41, 5.74) is 5.56. The van der Waals surface area contributed by atoms with Crippen molar-refractivity contribution in [2.24, 2.45) is 7.05 Å². The molecule has 0 fully saturated rings. The van der Waals surface area contributed by atoms with Crippen LogP contribution in [-0.4, -0.2) is 34.9 Å². The van der Waals surface area contributed by atoms with E-state index in [-0.39, 0.29) is 0 Å². The van der Waals surface area contributed by atoms with Crippen LogP contribution in [0.1, 0.15) is 0 Å². The summed E-state index contributed by atoms with van der Waals surface area (Å²) in [6.45, 7) is 0. The first-order valence-corrected chi connectivity index (χ1v) is 7.54. The fraction of sp³-hybridized carbons (Fsp3) is 0.0588. The zero-order valence-corrected chi connectivity index (χ0v) is 12.9. The van der Waals surface area contributed by atoms with Crippen molar-refractivity contribution in [3.05, 3.63) is 49.2 Å². The maximum atomic E-state index is 4.50. The van der Waals surface area contributed by atoms with Crippen LogP contribution in [0.3, 0.4) is 0 Å². The molecule has 5 aromatic rings. The highest BCUT2D eigenvalue weighted by Gasteiger charge is 2.13. The molecule has 116 valence electrons. The monoisotopic (exact) mass is 315 g/mol. The summed E-state index contributed by atoms with van der Waals surface area (Å²) >= 11 is 0. The average molecular weight is 315 g/mol. The van der Waals surface area contributed by atoms with Crippen molar-refractivity contribution in [3.8, 4) is 22.6 Å². The molecule has 5 rings (SSSR count). The third-order valence-electron chi connectivity index (χ3n) is 4.13. The predicted octanol–water partition coefficient (Wildman–Crippen LogP) is 2.90. The van der Waals surface area contributed by atoms with Crippen molar-refractivity contribution >= 4 is 21.8 Å². The van der Waals surface area contributed by atoms with Crippen LogP contribution in [0.5, 0.6) is 0 Å². The molecule has 0 aliphatic heterocycles. The van der Waals surface area contributed by atoms with E-state index in [0.29, 0.717) is 0 Å². The summed E-state index contributed by atoms with van der Waals surface area (Å²) in [5, 5.41) is 13.8. The number of aromatic amines is 2. The molecule has 0 bridgehead atoms. The molecule has 7 nitrogen and oxygen atoms in total. The Kier molecular flexibility index (Phi) is 2.58. The van der Waals surface area contributed by atoms with Crippen LogP contribution in [0, 0.1) is 0 Å². The largest absolute Gasteiger partial charge is 0.352 e. The highest BCUT2D eigenvalue weighted by molar-refractivity contribution is 5.96. The Hall–Kier alpha value is -3.48. The first-order valence-electron chi connectivity index (χ1n) is 7.54. The molecule has 7 heteroatoms. The van der Waals surface area contributed by atoms with E-state index in [4.69, 9.17) is 0 Å². The number of H-pyrrole nitrogens is 2. The Balaban J connectivity index is 1.70. The first kappa shape index (κ1) is 13.0. The number of pyridine rings is 2. The summed E-state index contributed by atoms with van der Waals surface area (Å²) in [6.07, 6.45) is 9.16. The van der Waals surface area contributed by atoms with Gasteiger partial charge in [0.25, 0.3) is 0 Å². The second-order valence-corrected chi connectivity index (χ2v) is 5.74. The molecule has 0 saturated carbocycles. The standard InChI is InChI=1S/C17H13N7/c1-24-9-11(6-20-24)13-5-12-16(8-19-13)22-23-17(12)14-4-10-2-3-18-7-15(10)21-14/h2-9,21H,1H3,(H,22,23). The number of aromatic nitrogens is 7. The predicted molar refractivity (Wildman–Crippen MR) is 91.2 cm³/mol. The van der Waals surface area contributed by atoms with Gasteiger partial charge in [0.2, 0.25) is 0 Å². The first-order chi connectivity index (χ1) is 11.8. The molecule has 0 amide bonds. The van der Waals surface area contributed by atoms with Gasteiger partial charge in [-0.2, -0.15) is 10.2 Å². The van der Waals surface area contributed by atoms with Gasteiger partial charge in [-0.25, -0.2) is 0 Å². The van der Waals surface area contributed by atoms with Crippen LogP contribution in [0.15, 0.2) is 49.2 Å². The van der Waals surface area contributed by atoms with Gasteiger partial charge in [-0.15, -0.1) is 0 Å². The van der Waals surface area contributed by atoms with E-state index in [1.165, 1.54) is 0 Å². The topological polar surface area (TPSA) is 88.1 Å². The molecular formula is C17H13N7. The fourth-order valence-corrected chi connectivity index (χ4v) is 2.93. The molecule has 0 atom stereocenters. The normalized spacial score (nSPS) is 11.5. The molecule has 0 unspecified atom stereocenters. The smallest absolute Gasteiger partial charge is 0.116 e. The quantitative estimate of drug-likeness (QED) is 0.524. The minimum atomic E-state index is 0.869. The molecule has 0 saturated heterocycles. The molecule has 5 aromatic heterocycles. The van der Waals surface area contributed by atoms with Gasteiger partial charge in [-0.05, 0) is 18.2 Å². The minimum absolute atomic E-state index is 0.869. The van der Waals surface area contributed by atoms with E-state index in [9.17, 15) is 0 Å². The molecule has 24 heavy (non-hydrogen) atoms. The van der Waals surface area contributed by atoms with Gasteiger partial charge in [-0.3, -0.25) is 19.7 Å². The van der Waals surface area contributed by atoms with Crippen molar-refractivity contribution in [2.45, 2.75) is 0 Å². The summed E-state index contributed by atoms with van der Waals surface area (Å²) in [5.74, 6) is 0. The third kappa shape index (κ3) is 1.91. The maximum Gasteiger partial charge on any atom is 0.116 e. The molecule has 0 aromatic carbocycles. The van der Waals surface area contributed by atoms with E-state index in [2.05, 4.69) is 36.3 Å². The SMILES string of the molecule is Cn1cc(-c2cc3c(-c4cc5ccncc5[nH]4)n[nH]c3cn2)cn1. The average Bonchev–Trinajstić information content (AvgIpc) is 3.30. The van der Waals surface area contributed by atoms with Crippen LogP contribution in [0.4, 0.5) is 0 Å². The minimum Gasteiger partial charge on any atom is -0.352 e. The second-order valence-electron chi connectivity index (χ2n) is 5.74. The van der Waals surface area contributed by atoms with Gasteiger partial charge in [0, 0.05) is 35.8 Å². The van der Waals surface area contributed by atoms with E-state index in [1.54, 1.807) is 17.1 Å². The van der Waals surface area contributed by atoms with Gasteiger partial charge in [0.1, 0.15) is 5.69 Å². The summed E-state index contributed by atoms with van der Waals surface area (Å²) in [7, 11) is 1.89. The number of aryl methyl sites for hydroxylation is 1. The van der Waals surface area contributed by atoms with Gasteiger partial charge < -0.3 is 4.98 Å². The van der Waals surface area contributed by atoms with Gasteiger partial charge in [0.05, 0.1) is 41.0 Å². The van der Waals surface area contributed by atoms with E-state index >= 15 is 0 Å². The highest BCUT2D eigenvalue weighted by atomic mass is 15.2. The number of rotatable bonds is 2. The molecular weight excluding hydrogens is 302 g/mol. The molecule has 0 radical (unpaired) electrons. The van der Waals surface area contributed by atoms with Crippen molar-refractivity contribution in [1.82, 2.24) is 34.9 Å². The Labute approximate surface area is 136 Å². The van der Waals surface area contributed by atoms with E-state index < -0.39 is 0 Å². The lowest BCUT2D eigenvalue weighted by Crippen LogP contribution is -1.85. The molecule has 0 aliphatic carbocycles. The van der Waals surface area contributed by atoms with E-state index in [0.717, 1.165) is 44.5 Å². The van der Waals surface area contributed by atoms with Gasteiger partial charge >= 0.3 is 0 Å². The van der Waals surface area contributed by atoms with Gasteiger partial charge in [0.15, 0.2) is 0 Å². The third-order valence-corrected chi connectivity index (χ3v) is 4.13. The number of nitrogens with zero attached hydrogens (tertiary/aromatic N) is 5. The summed E-state index contributed by atoms with van der Waals surface area (Å²) in [6, 6.07) is 6.10. The van der Waals surface area contributed by atoms with Crippen LogP contribution in [0.25, 0.3) is 44.5 Å². The Morgan fingerprint density at radius 3 is 2.88 bits per heavy atom. The molecule has 0 aliphatic rings. The van der Waals surface area contributed by atoms with Gasteiger partial charge in [-0.1, -0.05) is 0 Å². The Bertz CT molecular complexity index is 1150. The lowest BCUT2D eigenvalue weighted by molar-refractivity contribution is 0.768. The molecule has 0 spiro atoms.